The Bertz CT molecular complexity index is 71.5. The number of likely N-dealkylation sites (N-methyl/N-ethyl adjacent to an activating group) is 1. The van der Waals surface area contributed by atoms with Gasteiger partial charge in [0.05, 0.1) is 27.7 Å². The van der Waals surface area contributed by atoms with E-state index in [0.29, 0.717) is 12.6 Å². The molecular formula is C7H18NO+. The molecule has 0 amide bonds. The van der Waals surface area contributed by atoms with Crippen LogP contribution in [-0.2, 0) is 0 Å². The average molecular weight is 132 g/mol. The maximum Gasteiger partial charge on any atom is 0.111 e. The summed E-state index contributed by atoms with van der Waals surface area (Å²) in [5.41, 5.74) is 0. The van der Waals surface area contributed by atoms with Crippen molar-refractivity contribution in [1.29, 1.82) is 0 Å². The lowest BCUT2D eigenvalue weighted by atomic mass is 10.2. The highest BCUT2D eigenvalue weighted by atomic mass is 16.3. The van der Waals surface area contributed by atoms with E-state index in [9.17, 15) is 0 Å². The van der Waals surface area contributed by atoms with Crippen molar-refractivity contribution in [3.05, 3.63) is 0 Å². The van der Waals surface area contributed by atoms with Crippen LogP contribution >= 0.6 is 0 Å². The van der Waals surface area contributed by atoms with E-state index in [0.717, 1.165) is 10.9 Å². The lowest BCUT2D eigenvalue weighted by Gasteiger charge is -2.32. The van der Waals surface area contributed by atoms with E-state index in [-0.39, 0.29) is 0 Å². The second-order valence-electron chi connectivity index (χ2n) is 3.36. The van der Waals surface area contributed by atoms with Crippen LogP contribution < -0.4 is 0 Å². The van der Waals surface area contributed by atoms with Crippen LogP contribution in [0.3, 0.4) is 0 Å². The first kappa shape index (κ1) is 8.92. The van der Waals surface area contributed by atoms with Gasteiger partial charge < -0.3 is 9.59 Å². The summed E-state index contributed by atoms with van der Waals surface area (Å²) in [5, 5.41) is 8.85. The molecule has 1 unspecified atom stereocenters. The van der Waals surface area contributed by atoms with Crippen molar-refractivity contribution in [3.8, 4) is 0 Å². The molecule has 1 N–H and O–H groups in total. The third kappa shape index (κ3) is 2.82. The molecule has 56 valence electrons. The molecule has 0 aliphatic carbocycles. The summed E-state index contributed by atoms with van der Waals surface area (Å²) in [6.07, 6.45) is 1.04. The number of rotatable bonds is 3. The zero-order chi connectivity index (χ0) is 7.49. The molecular weight excluding hydrogens is 114 g/mol. The Labute approximate surface area is 57.7 Å². The zero-order valence-corrected chi connectivity index (χ0v) is 6.89. The molecule has 0 aromatic heterocycles. The van der Waals surface area contributed by atoms with Crippen LogP contribution in [0.1, 0.15) is 13.3 Å². The molecule has 0 rings (SSSR count). The van der Waals surface area contributed by atoms with E-state index in [1.807, 2.05) is 0 Å². The Morgan fingerprint density at radius 3 is 1.78 bits per heavy atom. The quantitative estimate of drug-likeness (QED) is 0.553. The summed E-state index contributed by atoms with van der Waals surface area (Å²) in [6, 6.07) is 0.394. The highest BCUT2D eigenvalue weighted by molar-refractivity contribution is 4.49. The molecule has 0 radical (unpaired) electrons. The Balaban J connectivity index is 3.79. The van der Waals surface area contributed by atoms with Gasteiger partial charge in [0, 0.05) is 0 Å². The minimum atomic E-state index is 0.292. The van der Waals surface area contributed by atoms with Crippen molar-refractivity contribution < 1.29 is 9.59 Å². The van der Waals surface area contributed by atoms with Crippen LogP contribution in [0.5, 0.6) is 0 Å². The smallest absolute Gasteiger partial charge is 0.111 e. The maximum atomic E-state index is 8.85. The maximum absolute atomic E-state index is 8.85. The number of hydrogen-bond donors (Lipinski definition) is 1. The van der Waals surface area contributed by atoms with E-state index >= 15 is 0 Å². The molecule has 0 spiro atoms. The van der Waals surface area contributed by atoms with Crippen LogP contribution in [0.2, 0.25) is 0 Å². The van der Waals surface area contributed by atoms with Crippen molar-refractivity contribution in [2.75, 3.05) is 27.7 Å². The summed E-state index contributed by atoms with van der Waals surface area (Å²) in [5.74, 6) is 0. The first-order valence-electron chi connectivity index (χ1n) is 3.44. The normalized spacial score (nSPS) is 15.7. The van der Waals surface area contributed by atoms with Crippen LogP contribution in [0, 0.1) is 0 Å². The van der Waals surface area contributed by atoms with Crippen LogP contribution in [0.25, 0.3) is 0 Å². The Kier molecular flexibility index (Phi) is 3.15. The first-order valence-corrected chi connectivity index (χ1v) is 3.44. The molecule has 0 saturated carbocycles. The van der Waals surface area contributed by atoms with Crippen molar-refractivity contribution >= 4 is 0 Å². The van der Waals surface area contributed by atoms with Gasteiger partial charge in [0.25, 0.3) is 0 Å². The number of hydrogen-bond acceptors (Lipinski definition) is 1. The van der Waals surface area contributed by atoms with E-state index in [4.69, 9.17) is 5.11 Å². The number of nitrogens with zero attached hydrogens (tertiary/aromatic N) is 1. The fourth-order valence-corrected chi connectivity index (χ4v) is 0.922. The number of aliphatic hydroxyl groups is 1. The van der Waals surface area contributed by atoms with Crippen LogP contribution in [-0.4, -0.2) is 43.4 Å². The number of aliphatic hydroxyl groups excluding tert-OH is 1. The van der Waals surface area contributed by atoms with Crippen molar-refractivity contribution in [2.45, 2.75) is 19.4 Å². The highest BCUT2D eigenvalue weighted by Gasteiger charge is 2.19. The standard InChI is InChI=1S/C7H18NO/c1-5-7(6-9)8(2,3)4/h7,9H,5-6H2,1-4H3/q+1. The van der Waals surface area contributed by atoms with Gasteiger partial charge in [-0.15, -0.1) is 0 Å². The average Bonchev–Trinajstić information content (AvgIpc) is 1.65. The minimum absolute atomic E-state index is 0.292. The van der Waals surface area contributed by atoms with E-state index in [2.05, 4.69) is 28.1 Å². The van der Waals surface area contributed by atoms with E-state index in [1.54, 1.807) is 0 Å². The summed E-state index contributed by atoms with van der Waals surface area (Å²) in [7, 11) is 6.30. The SMILES string of the molecule is CCC(CO)[N+](C)(C)C. The molecule has 2 nitrogen and oxygen atoms in total. The first-order chi connectivity index (χ1) is 4.02. The molecule has 0 aliphatic rings. The minimum Gasteiger partial charge on any atom is -0.390 e. The summed E-state index contributed by atoms with van der Waals surface area (Å²) in [4.78, 5) is 0. The molecule has 0 fully saturated rings. The molecule has 0 heterocycles. The topological polar surface area (TPSA) is 20.2 Å². The van der Waals surface area contributed by atoms with Gasteiger partial charge in [-0.05, 0) is 6.42 Å². The Morgan fingerprint density at radius 2 is 1.78 bits per heavy atom. The molecule has 0 bridgehead atoms. The summed E-state index contributed by atoms with van der Waals surface area (Å²) < 4.78 is 0.854. The lowest BCUT2D eigenvalue weighted by Crippen LogP contribution is -2.46. The Morgan fingerprint density at radius 1 is 1.33 bits per heavy atom. The van der Waals surface area contributed by atoms with Gasteiger partial charge in [-0.1, -0.05) is 6.92 Å². The lowest BCUT2D eigenvalue weighted by molar-refractivity contribution is -0.896. The fourth-order valence-electron chi connectivity index (χ4n) is 0.922. The highest BCUT2D eigenvalue weighted by Crippen LogP contribution is 2.04. The van der Waals surface area contributed by atoms with Crippen LogP contribution in [0.15, 0.2) is 0 Å². The largest absolute Gasteiger partial charge is 0.390 e. The zero-order valence-electron chi connectivity index (χ0n) is 6.89. The fraction of sp³-hybridized carbons (Fsp3) is 1.00. The van der Waals surface area contributed by atoms with Gasteiger partial charge in [0.2, 0.25) is 0 Å². The molecule has 9 heavy (non-hydrogen) atoms. The van der Waals surface area contributed by atoms with Gasteiger partial charge in [-0.25, -0.2) is 0 Å². The van der Waals surface area contributed by atoms with E-state index in [1.165, 1.54) is 0 Å². The molecule has 0 aromatic carbocycles. The van der Waals surface area contributed by atoms with Crippen molar-refractivity contribution in [1.82, 2.24) is 0 Å². The van der Waals surface area contributed by atoms with E-state index < -0.39 is 0 Å². The van der Waals surface area contributed by atoms with Gasteiger partial charge in [-0.2, -0.15) is 0 Å². The van der Waals surface area contributed by atoms with Crippen LogP contribution in [0.4, 0.5) is 0 Å². The van der Waals surface area contributed by atoms with Gasteiger partial charge >= 0.3 is 0 Å². The van der Waals surface area contributed by atoms with Gasteiger partial charge in [0.1, 0.15) is 6.04 Å². The molecule has 0 aliphatic heterocycles. The second kappa shape index (κ2) is 3.18. The summed E-state index contributed by atoms with van der Waals surface area (Å²) in [6.45, 7) is 2.39. The monoisotopic (exact) mass is 132 g/mol. The molecule has 1 atom stereocenters. The third-order valence-electron chi connectivity index (χ3n) is 1.78. The van der Waals surface area contributed by atoms with Crippen molar-refractivity contribution in [2.24, 2.45) is 0 Å². The predicted molar refractivity (Wildman–Crippen MR) is 39.2 cm³/mol. The molecule has 0 aromatic rings. The van der Waals surface area contributed by atoms with Crippen molar-refractivity contribution in [3.63, 3.8) is 0 Å². The second-order valence-corrected chi connectivity index (χ2v) is 3.36. The molecule has 2 heteroatoms. The third-order valence-corrected chi connectivity index (χ3v) is 1.78. The predicted octanol–water partition coefficient (Wildman–Crippen LogP) is 0.464. The summed E-state index contributed by atoms with van der Waals surface area (Å²) >= 11 is 0. The Hall–Kier alpha value is -0.0800. The number of quaternary nitrogens is 1. The van der Waals surface area contributed by atoms with Gasteiger partial charge in [0.15, 0.2) is 0 Å². The van der Waals surface area contributed by atoms with Gasteiger partial charge in [-0.3, -0.25) is 0 Å². The molecule has 0 saturated heterocycles.